The molecular formula is C6H9NO5P+. The third kappa shape index (κ3) is 4.47. The molecule has 6 nitrogen and oxygen atoms in total. The van der Waals surface area contributed by atoms with Crippen molar-refractivity contribution >= 4 is 20.1 Å². The average Bonchev–Trinajstić information content (AvgIpc) is 2.30. The van der Waals surface area contributed by atoms with Gasteiger partial charge in [-0.2, -0.15) is 0 Å². The number of hydrogen-bond acceptors (Lipinski definition) is 3. The van der Waals surface area contributed by atoms with Crippen molar-refractivity contribution in [3.8, 4) is 0 Å². The predicted octanol–water partition coefficient (Wildman–Crippen LogP) is -0.440. The maximum atomic E-state index is 10.6. The highest BCUT2D eigenvalue weighted by Crippen LogP contribution is 2.00. The summed E-state index contributed by atoms with van der Waals surface area (Å²) in [6, 6.07) is 0. The third-order valence-electron chi connectivity index (χ3n) is 1.22. The molecule has 0 saturated carbocycles. The number of carbonyl (C=O) groups excluding carboxylic acids is 2. The zero-order valence-corrected chi connectivity index (χ0v) is 7.77. The second-order valence-electron chi connectivity index (χ2n) is 2.01. The molecule has 7 heteroatoms. The monoisotopic (exact) mass is 206 g/mol. The molecule has 0 saturated heterocycles. The van der Waals surface area contributed by atoms with Crippen molar-refractivity contribution in [3.05, 3.63) is 12.2 Å². The van der Waals surface area contributed by atoms with Crippen LogP contribution in [0.5, 0.6) is 0 Å². The molecule has 0 bridgehead atoms. The second kappa shape index (κ2) is 5.53. The summed E-state index contributed by atoms with van der Waals surface area (Å²) in [6.45, 7) is 2.23. The lowest BCUT2D eigenvalue weighted by Crippen LogP contribution is -2.29. The van der Waals surface area contributed by atoms with Crippen LogP contribution in [0, 0.1) is 0 Å². The summed E-state index contributed by atoms with van der Waals surface area (Å²) in [5, 5.41) is 0. The smallest absolute Gasteiger partial charge is 0.276 e. The largest absolute Gasteiger partial charge is 0.692 e. The molecule has 1 aliphatic heterocycles. The van der Waals surface area contributed by atoms with Crippen molar-refractivity contribution in [1.29, 1.82) is 0 Å². The van der Waals surface area contributed by atoms with Gasteiger partial charge in [0, 0.05) is 23.3 Å². The first-order chi connectivity index (χ1) is 5.99. The molecule has 72 valence electrons. The van der Waals surface area contributed by atoms with Gasteiger partial charge in [0.15, 0.2) is 0 Å². The summed E-state index contributed by atoms with van der Waals surface area (Å²) in [5.74, 6) is -0.412. The van der Waals surface area contributed by atoms with Gasteiger partial charge in [-0.1, -0.05) is 0 Å². The fraction of sp³-hybridized carbons (Fsp3) is 0.333. The first kappa shape index (κ1) is 11.9. The maximum absolute atomic E-state index is 10.6. The summed E-state index contributed by atoms with van der Waals surface area (Å²) >= 11 is 0. The van der Waals surface area contributed by atoms with E-state index in [4.69, 9.17) is 14.4 Å². The van der Waals surface area contributed by atoms with Gasteiger partial charge >= 0.3 is 8.25 Å². The molecule has 0 unspecified atom stereocenters. The van der Waals surface area contributed by atoms with E-state index in [1.54, 1.807) is 6.92 Å². The van der Waals surface area contributed by atoms with Crippen molar-refractivity contribution in [1.82, 2.24) is 4.90 Å². The van der Waals surface area contributed by atoms with Crippen molar-refractivity contribution in [3.63, 3.8) is 0 Å². The van der Waals surface area contributed by atoms with Crippen LogP contribution in [0.3, 0.4) is 0 Å². The SMILES string of the molecule is CCN1C(=O)C=CC1=O.O=[P+](O)O. The number of nitrogens with zero attached hydrogens (tertiary/aromatic N) is 1. The van der Waals surface area contributed by atoms with E-state index in [1.807, 2.05) is 0 Å². The van der Waals surface area contributed by atoms with E-state index in [1.165, 1.54) is 17.1 Å². The van der Waals surface area contributed by atoms with Crippen LogP contribution in [-0.2, 0) is 14.2 Å². The van der Waals surface area contributed by atoms with E-state index >= 15 is 0 Å². The molecule has 1 rings (SSSR count). The summed E-state index contributed by atoms with van der Waals surface area (Å²) in [4.78, 5) is 36.7. The van der Waals surface area contributed by atoms with Gasteiger partial charge in [-0.15, -0.1) is 9.79 Å². The minimum absolute atomic E-state index is 0.206. The molecule has 0 aromatic carbocycles. The van der Waals surface area contributed by atoms with Crippen molar-refractivity contribution in [2.24, 2.45) is 0 Å². The van der Waals surface area contributed by atoms with Crippen LogP contribution in [0.25, 0.3) is 0 Å². The second-order valence-corrected chi connectivity index (χ2v) is 2.51. The van der Waals surface area contributed by atoms with Gasteiger partial charge < -0.3 is 0 Å². The summed E-state index contributed by atoms with van der Waals surface area (Å²) in [6.07, 6.45) is 2.57. The fourth-order valence-electron chi connectivity index (χ4n) is 0.743. The lowest BCUT2D eigenvalue weighted by molar-refractivity contribution is -0.136. The zero-order valence-electron chi connectivity index (χ0n) is 6.88. The Bertz CT molecular complexity index is 240. The molecular weight excluding hydrogens is 197 g/mol. The average molecular weight is 206 g/mol. The van der Waals surface area contributed by atoms with Crippen molar-refractivity contribution in [2.75, 3.05) is 6.54 Å². The van der Waals surface area contributed by atoms with Gasteiger partial charge in [-0.05, 0) is 6.92 Å². The zero-order chi connectivity index (χ0) is 10.4. The first-order valence-electron chi connectivity index (χ1n) is 3.37. The van der Waals surface area contributed by atoms with E-state index in [0.29, 0.717) is 6.54 Å². The van der Waals surface area contributed by atoms with Gasteiger partial charge in [-0.25, -0.2) is 0 Å². The van der Waals surface area contributed by atoms with Gasteiger partial charge in [0.2, 0.25) is 0 Å². The highest BCUT2D eigenvalue weighted by Gasteiger charge is 2.20. The van der Waals surface area contributed by atoms with Gasteiger partial charge in [0.05, 0.1) is 0 Å². The molecule has 2 amide bonds. The van der Waals surface area contributed by atoms with Crippen LogP contribution in [0.2, 0.25) is 0 Å². The summed E-state index contributed by atoms with van der Waals surface area (Å²) in [5.41, 5.74) is 0. The molecule has 0 atom stereocenters. The standard InChI is InChI=1S/C6H7NO2.HO3P/c1-2-7-5(8)3-4-6(7)9;1-4(2)3/h3-4H,2H2,1H3;(H-,1,2,3)/p+1. The number of rotatable bonds is 1. The van der Waals surface area contributed by atoms with Gasteiger partial charge in [0.1, 0.15) is 0 Å². The Morgan fingerprint density at radius 1 is 1.31 bits per heavy atom. The number of carbonyl (C=O) groups is 2. The van der Waals surface area contributed by atoms with Crippen LogP contribution in [0.1, 0.15) is 6.92 Å². The highest BCUT2D eigenvalue weighted by atomic mass is 31.1. The minimum Gasteiger partial charge on any atom is -0.276 e. The molecule has 0 fully saturated rings. The highest BCUT2D eigenvalue weighted by molar-refractivity contribution is 7.30. The Balaban J connectivity index is 0.000000310. The van der Waals surface area contributed by atoms with Crippen LogP contribution >= 0.6 is 8.25 Å². The van der Waals surface area contributed by atoms with E-state index in [0.717, 1.165) is 0 Å². The molecule has 0 aliphatic carbocycles. The Kier molecular flexibility index (Phi) is 5.06. The fourth-order valence-corrected chi connectivity index (χ4v) is 0.743. The Labute approximate surface area is 75.4 Å². The molecule has 0 aromatic heterocycles. The molecule has 13 heavy (non-hydrogen) atoms. The Morgan fingerprint density at radius 2 is 1.62 bits per heavy atom. The van der Waals surface area contributed by atoms with E-state index in [2.05, 4.69) is 0 Å². The third-order valence-corrected chi connectivity index (χ3v) is 1.22. The molecule has 0 radical (unpaired) electrons. The number of hydrogen-bond donors (Lipinski definition) is 2. The topological polar surface area (TPSA) is 94.9 Å². The maximum Gasteiger partial charge on any atom is 0.692 e. The van der Waals surface area contributed by atoms with E-state index in [9.17, 15) is 9.59 Å². The van der Waals surface area contributed by atoms with Crippen molar-refractivity contribution < 1.29 is 23.9 Å². The molecule has 1 aliphatic rings. The lowest BCUT2D eigenvalue weighted by atomic mass is 10.5. The van der Waals surface area contributed by atoms with Crippen LogP contribution in [-0.4, -0.2) is 33.0 Å². The molecule has 1 heterocycles. The van der Waals surface area contributed by atoms with E-state index in [-0.39, 0.29) is 11.8 Å². The summed E-state index contributed by atoms with van der Waals surface area (Å²) < 4.78 is 8.70. The Morgan fingerprint density at radius 3 is 1.77 bits per heavy atom. The van der Waals surface area contributed by atoms with Crippen molar-refractivity contribution in [2.45, 2.75) is 6.92 Å². The molecule has 0 aromatic rings. The molecule has 2 N–H and O–H groups in total. The van der Waals surface area contributed by atoms with Crippen LogP contribution in [0.15, 0.2) is 12.2 Å². The normalized spacial score (nSPS) is 14.2. The first-order valence-corrected chi connectivity index (χ1v) is 4.54. The number of likely N-dealkylation sites (N-methyl/N-ethyl adjacent to an activating group) is 1. The number of amides is 2. The number of imide groups is 1. The molecule has 0 spiro atoms. The van der Waals surface area contributed by atoms with Gasteiger partial charge in [-0.3, -0.25) is 14.5 Å². The quantitative estimate of drug-likeness (QED) is 0.448. The van der Waals surface area contributed by atoms with Crippen LogP contribution < -0.4 is 0 Å². The van der Waals surface area contributed by atoms with Gasteiger partial charge in [0.25, 0.3) is 11.8 Å². The lowest BCUT2D eigenvalue weighted by Gasteiger charge is -2.08. The van der Waals surface area contributed by atoms with Crippen LogP contribution in [0.4, 0.5) is 0 Å². The Hall–Kier alpha value is -1.10. The van der Waals surface area contributed by atoms with E-state index < -0.39 is 8.25 Å². The predicted molar refractivity (Wildman–Crippen MR) is 43.6 cm³/mol. The minimum atomic E-state index is -2.87. The summed E-state index contributed by atoms with van der Waals surface area (Å²) in [7, 11) is -2.87.